The predicted octanol–water partition coefficient (Wildman–Crippen LogP) is -0.521. The molecule has 1 aliphatic heterocycles. The molecule has 0 aromatic rings. The van der Waals surface area contributed by atoms with Crippen LogP contribution in [0.3, 0.4) is 0 Å². The molecular weight excluding hydrogens is 94.0 g/mol. The van der Waals surface area contributed by atoms with E-state index in [2.05, 4.69) is 5.32 Å². The van der Waals surface area contributed by atoms with Gasteiger partial charge in [0.25, 0.3) is 0 Å². The molecule has 1 fully saturated rings. The predicted molar refractivity (Wildman–Crippen MR) is 23.6 cm³/mol. The zero-order valence-corrected chi connectivity index (χ0v) is 4.10. The number of β-lactam (4-membered cyclic amide) rings is 1. The highest BCUT2D eigenvalue weighted by Crippen LogP contribution is 2.02. The average molecular weight is 101 g/mol. The monoisotopic (exact) mass is 101 g/mol. The number of amides is 1. The summed E-state index contributed by atoms with van der Waals surface area (Å²) in [6.45, 7) is 0. The Hall–Kier alpha value is -0.570. The van der Waals surface area contributed by atoms with Crippen molar-refractivity contribution in [1.29, 1.82) is 0 Å². The molecule has 0 unspecified atom stereocenters. The first-order valence-electron chi connectivity index (χ1n) is 2.15. The van der Waals surface area contributed by atoms with E-state index in [0.717, 1.165) is 0 Å². The van der Waals surface area contributed by atoms with Crippen molar-refractivity contribution in [2.75, 3.05) is 7.11 Å². The van der Waals surface area contributed by atoms with E-state index in [-0.39, 0.29) is 12.1 Å². The van der Waals surface area contributed by atoms with Crippen molar-refractivity contribution in [2.24, 2.45) is 0 Å². The zero-order chi connectivity index (χ0) is 5.28. The highest BCUT2D eigenvalue weighted by atomic mass is 16.5. The molecular formula is C4H7NO2. The van der Waals surface area contributed by atoms with Crippen molar-refractivity contribution in [3.63, 3.8) is 0 Å². The van der Waals surface area contributed by atoms with Gasteiger partial charge >= 0.3 is 0 Å². The molecule has 3 heteroatoms. The number of rotatable bonds is 1. The Bertz CT molecular complexity index is 83.7. The molecule has 0 saturated carbocycles. The quantitative estimate of drug-likeness (QED) is 0.451. The lowest BCUT2D eigenvalue weighted by atomic mass is 10.2. The van der Waals surface area contributed by atoms with Crippen LogP contribution in [-0.4, -0.2) is 19.2 Å². The van der Waals surface area contributed by atoms with Crippen LogP contribution in [0.5, 0.6) is 0 Å². The van der Waals surface area contributed by atoms with E-state index >= 15 is 0 Å². The molecule has 1 rings (SSSR count). The van der Waals surface area contributed by atoms with Crippen LogP contribution >= 0.6 is 0 Å². The van der Waals surface area contributed by atoms with Gasteiger partial charge < -0.3 is 10.1 Å². The van der Waals surface area contributed by atoms with Crippen molar-refractivity contribution in [3.05, 3.63) is 0 Å². The van der Waals surface area contributed by atoms with Gasteiger partial charge in [-0.05, 0) is 0 Å². The average Bonchev–Trinajstić information content (AvgIpc) is 1.58. The first-order valence-corrected chi connectivity index (χ1v) is 2.15. The van der Waals surface area contributed by atoms with E-state index in [4.69, 9.17) is 4.74 Å². The summed E-state index contributed by atoms with van der Waals surface area (Å²) in [5.74, 6) is 0.0758. The molecule has 0 aliphatic carbocycles. The SMILES string of the molecule is CO[C@@H]1CC(=O)N1. The second kappa shape index (κ2) is 1.50. The van der Waals surface area contributed by atoms with Gasteiger partial charge in [-0.15, -0.1) is 0 Å². The molecule has 40 valence electrons. The molecule has 1 saturated heterocycles. The molecule has 1 amide bonds. The van der Waals surface area contributed by atoms with E-state index in [1.54, 1.807) is 7.11 Å². The Kier molecular flexibility index (Phi) is 0.982. The minimum atomic E-state index is -0.00694. The maximum Gasteiger partial charge on any atom is 0.226 e. The van der Waals surface area contributed by atoms with Crippen molar-refractivity contribution < 1.29 is 9.53 Å². The van der Waals surface area contributed by atoms with Gasteiger partial charge in [0.2, 0.25) is 5.91 Å². The summed E-state index contributed by atoms with van der Waals surface area (Å²) in [4.78, 5) is 10.1. The highest BCUT2D eigenvalue weighted by molar-refractivity contribution is 5.82. The Morgan fingerprint density at radius 3 is 2.71 bits per heavy atom. The van der Waals surface area contributed by atoms with E-state index in [9.17, 15) is 4.79 Å². The van der Waals surface area contributed by atoms with E-state index in [1.807, 2.05) is 0 Å². The zero-order valence-electron chi connectivity index (χ0n) is 4.10. The second-order valence-corrected chi connectivity index (χ2v) is 1.50. The summed E-state index contributed by atoms with van der Waals surface area (Å²) in [6.07, 6.45) is 0.517. The van der Waals surface area contributed by atoms with Crippen molar-refractivity contribution in [2.45, 2.75) is 12.6 Å². The van der Waals surface area contributed by atoms with Gasteiger partial charge in [-0.25, -0.2) is 0 Å². The van der Waals surface area contributed by atoms with Crippen molar-refractivity contribution in [1.82, 2.24) is 5.32 Å². The lowest BCUT2D eigenvalue weighted by Gasteiger charge is -2.24. The van der Waals surface area contributed by atoms with Crippen LogP contribution in [0.1, 0.15) is 6.42 Å². The summed E-state index contributed by atoms with van der Waals surface area (Å²) in [5.41, 5.74) is 0. The van der Waals surface area contributed by atoms with Gasteiger partial charge in [0.05, 0.1) is 6.42 Å². The highest BCUT2D eigenvalue weighted by Gasteiger charge is 2.23. The summed E-state index contributed by atoms with van der Waals surface area (Å²) >= 11 is 0. The number of carbonyl (C=O) groups excluding carboxylic acids is 1. The third-order valence-electron chi connectivity index (χ3n) is 0.977. The lowest BCUT2D eigenvalue weighted by molar-refractivity contribution is -0.138. The van der Waals surface area contributed by atoms with E-state index < -0.39 is 0 Å². The van der Waals surface area contributed by atoms with Gasteiger partial charge in [-0.1, -0.05) is 0 Å². The molecule has 0 bridgehead atoms. The molecule has 0 aromatic carbocycles. The van der Waals surface area contributed by atoms with Crippen LogP contribution in [0, 0.1) is 0 Å². The maximum absolute atomic E-state index is 10.1. The van der Waals surface area contributed by atoms with Crippen LogP contribution in [0.4, 0.5) is 0 Å². The standard InChI is InChI=1S/C4H7NO2/c1-7-4-2-3(6)5-4/h4H,2H2,1H3,(H,5,6)/t4-/m1/s1. The summed E-state index contributed by atoms with van der Waals surface area (Å²) < 4.78 is 4.72. The molecule has 0 spiro atoms. The third kappa shape index (κ3) is 0.718. The first kappa shape index (κ1) is 4.59. The Labute approximate surface area is 41.7 Å². The molecule has 1 heterocycles. The lowest BCUT2D eigenvalue weighted by Crippen LogP contribution is -2.49. The molecule has 0 aromatic heterocycles. The van der Waals surface area contributed by atoms with Crippen LogP contribution in [0.25, 0.3) is 0 Å². The maximum atomic E-state index is 10.1. The molecule has 1 aliphatic rings. The number of nitrogens with one attached hydrogen (secondary N) is 1. The number of carbonyl (C=O) groups is 1. The fourth-order valence-electron chi connectivity index (χ4n) is 0.469. The summed E-state index contributed by atoms with van der Waals surface area (Å²) in [7, 11) is 1.57. The van der Waals surface area contributed by atoms with Gasteiger partial charge in [-0.3, -0.25) is 4.79 Å². The first-order chi connectivity index (χ1) is 3.33. The topological polar surface area (TPSA) is 38.3 Å². The Morgan fingerprint density at radius 2 is 2.57 bits per heavy atom. The van der Waals surface area contributed by atoms with Crippen LogP contribution in [-0.2, 0) is 9.53 Å². The number of hydrogen-bond donors (Lipinski definition) is 1. The fraction of sp³-hybridized carbons (Fsp3) is 0.750. The second-order valence-electron chi connectivity index (χ2n) is 1.50. The van der Waals surface area contributed by atoms with Crippen LogP contribution < -0.4 is 5.32 Å². The summed E-state index contributed by atoms with van der Waals surface area (Å²) in [6, 6.07) is 0. The van der Waals surface area contributed by atoms with Crippen LogP contribution in [0.15, 0.2) is 0 Å². The smallest absolute Gasteiger partial charge is 0.226 e. The van der Waals surface area contributed by atoms with Crippen molar-refractivity contribution in [3.8, 4) is 0 Å². The van der Waals surface area contributed by atoms with Gasteiger partial charge in [0, 0.05) is 7.11 Å². The Balaban J connectivity index is 2.17. The molecule has 0 radical (unpaired) electrons. The number of methoxy groups -OCH3 is 1. The normalized spacial score (nSPS) is 28.7. The molecule has 1 N–H and O–H groups in total. The largest absolute Gasteiger partial charge is 0.361 e. The number of ether oxygens (including phenoxy) is 1. The number of hydrogen-bond acceptors (Lipinski definition) is 2. The van der Waals surface area contributed by atoms with Gasteiger partial charge in [-0.2, -0.15) is 0 Å². The van der Waals surface area contributed by atoms with E-state index in [0.29, 0.717) is 6.42 Å². The minimum Gasteiger partial charge on any atom is -0.361 e. The van der Waals surface area contributed by atoms with Gasteiger partial charge in [0.15, 0.2) is 0 Å². The molecule has 3 nitrogen and oxygen atoms in total. The third-order valence-corrected chi connectivity index (χ3v) is 0.977. The summed E-state index contributed by atoms with van der Waals surface area (Å²) in [5, 5.41) is 2.53. The fourth-order valence-corrected chi connectivity index (χ4v) is 0.469. The van der Waals surface area contributed by atoms with Gasteiger partial charge in [0.1, 0.15) is 6.23 Å². The van der Waals surface area contributed by atoms with Crippen LogP contribution in [0.2, 0.25) is 0 Å². The molecule has 7 heavy (non-hydrogen) atoms. The minimum absolute atomic E-state index is 0.00694. The van der Waals surface area contributed by atoms with Crippen molar-refractivity contribution >= 4 is 5.91 Å². The molecule has 1 atom stereocenters. The Morgan fingerprint density at radius 1 is 2.00 bits per heavy atom. The van der Waals surface area contributed by atoms with E-state index in [1.165, 1.54) is 0 Å².